The summed E-state index contributed by atoms with van der Waals surface area (Å²) in [6, 6.07) is 18.0. The number of anilines is 1. The molecular formula is C24H18N4O3S2. The smallest absolute Gasteiger partial charge is 0.270 e. The fraction of sp³-hybridized carbons (Fsp3) is 0.125. The molecule has 1 amide bonds. The highest BCUT2D eigenvalue weighted by molar-refractivity contribution is 7.23. The van der Waals surface area contributed by atoms with Crippen molar-refractivity contribution in [2.24, 2.45) is 0 Å². The zero-order valence-corrected chi connectivity index (χ0v) is 19.2. The van der Waals surface area contributed by atoms with Gasteiger partial charge in [0, 0.05) is 28.4 Å². The highest BCUT2D eigenvalue weighted by Gasteiger charge is 2.25. The molecule has 0 aliphatic carbocycles. The van der Waals surface area contributed by atoms with Crippen molar-refractivity contribution in [1.29, 1.82) is 0 Å². The summed E-state index contributed by atoms with van der Waals surface area (Å²) in [5, 5.41) is 12.4. The molecule has 5 aromatic rings. The molecule has 0 saturated carbocycles. The third-order valence-electron chi connectivity index (χ3n) is 5.32. The molecule has 7 nitrogen and oxygen atoms in total. The van der Waals surface area contributed by atoms with Crippen molar-refractivity contribution in [1.82, 2.24) is 9.97 Å². The quantitative estimate of drug-likeness (QED) is 0.215. The van der Waals surface area contributed by atoms with Crippen LogP contribution in [0.25, 0.3) is 20.3 Å². The molecule has 3 heterocycles. The van der Waals surface area contributed by atoms with Gasteiger partial charge >= 0.3 is 0 Å². The number of aryl methyl sites for hydroxylation is 1. The lowest BCUT2D eigenvalue weighted by atomic mass is 10.1. The summed E-state index contributed by atoms with van der Waals surface area (Å²) in [7, 11) is 0. The number of aromatic nitrogens is 2. The van der Waals surface area contributed by atoms with Gasteiger partial charge in [-0.15, -0.1) is 11.3 Å². The highest BCUT2D eigenvalue weighted by atomic mass is 32.1. The molecule has 9 heteroatoms. The number of fused-ring (bicyclic) bond motifs is 2. The Morgan fingerprint density at radius 1 is 1.06 bits per heavy atom. The number of carbonyl (C=O) groups excluding carboxylic acids is 1. The number of nitro groups is 1. The van der Waals surface area contributed by atoms with Crippen LogP contribution in [0.4, 0.5) is 10.8 Å². The molecule has 0 N–H and O–H groups in total. The molecule has 0 spiro atoms. The summed E-state index contributed by atoms with van der Waals surface area (Å²) in [6.45, 7) is 2.36. The second kappa shape index (κ2) is 8.68. The van der Waals surface area contributed by atoms with Crippen LogP contribution in [0, 0.1) is 10.1 Å². The largest absolute Gasteiger partial charge is 0.277 e. The number of benzene rings is 2. The third-order valence-corrected chi connectivity index (χ3v) is 7.46. The van der Waals surface area contributed by atoms with Gasteiger partial charge in [0.05, 0.1) is 32.3 Å². The molecular weight excluding hydrogens is 456 g/mol. The lowest BCUT2D eigenvalue weighted by molar-refractivity contribution is -0.384. The summed E-state index contributed by atoms with van der Waals surface area (Å²) in [6.07, 6.45) is 2.55. The number of carbonyl (C=O) groups is 1. The average molecular weight is 475 g/mol. The lowest BCUT2D eigenvalue weighted by Gasteiger charge is -2.18. The predicted molar refractivity (Wildman–Crippen MR) is 132 cm³/mol. The van der Waals surface area contributed by atoms with Gasteiger partial charge in [0.15, 0.2) is 5.13 Å². The topological polar surface area (TPSA) is 89.2 Å². The third kappa shape index (κ3) is 4.08. The Labute approximate surface area is 197 Å². The van der Waals surface area contributed by atoms with Crippen molar-refractivity contribution < 1.29 is 9.72 Å². The van der Waals surface area contributed by atoms with Crippen molar-refractivity contribution in [3.8, 4) is 0 Å². The zero-order chi connectivity index (χ0) is 22.9. The Hall–Kier alpha value is -3.69. The van der Waals surface area contributed by atoms with Gasteiger partial charge in [-0.1, -0.05) is 36.5 Å². The molecule has 33 heavy (non-hydrogen) atoms. The summed E-state index contributed by atoms with van der Waals surface area (Å²) in [5.41, 5.74) is 2.79. The minimum Gasteiger partial charge on any atom is -0.277 e. The first-order valence-electron chi connectivity index (χ1n) is 10.3. The van der Waals surface area contributed by atoms with E-state index in [0.29, 0.717) is 15.4 Å². The SMILES string of the molecule is CCc1cccc2sc(N(Cc3ccccn3)C(=O)c3cc4cc([N+](=O)[O-])ccc4s3)nc12. The molecule has 0 saturated heterocycles. The van der Waals surface area contributed by atoms with Crippen LogP contribution in [0.1, 0.15) is 27.9 Å². The Morgan fingerprint density at radius 2 is 1.94 bits per heavy atom. The molecule has 0 fully saturated rings. The second-order valence-electron chi connectivity index (χ2n) is 7.42. The minimum absolute atomic E-state index is 0.00269. The van der Waals surface area contributed by atoms with E-state index in [0.717, 1.165) is 32.6 Å². The molecule has 0 aliphatic rings. The van der Waals surface area contributed by atoms with Crippen LogP contribution in [-0.4, -0.2) is 20.8 Å². The van der Waals surface area contributed by atoms with Crippen LogP contribution in [-0.2, 0) is 13.0 Å². The number of rotatable bonds is 6. The summed E-state index contributed by atoms with van der Waals surface area (Å²) in [4.78, 5) is 35.8. The van der Waals surface area contributed by atoms with E-state index in [2.05, 4.69) is 18.0 Å². The van der Waals surface area contributed by atoms with Crippen molar-refractivity contribution >= 4 is 59.7 Å². The summed E-state index contributed by atoms with van der Waals surface area (Å²) >= 11 is 2.79. The standard InChI is InChI=1S/C24H18N4O3S2/c1-2-15-6-5-8-20-22(15)26-24(33-20)27(14-17-7-3-4-11-25-17)23(29)21-13-16-12-18(28(30)31)9-10-19(16)32-21/h3-13H,2,14H2,1H3. The fourth-order valence-electron chi connectivity index (χ4n) is 3.66. The molecule has 164 valence electrons. The Balaban J connectivity index is 1.59. The second-order valence-corrected chi connectivity index (χ2v) is 9.51. The maximum absolute atomic E-state index is 13.7. The van der Waals surface area contributed by atoms with Crippen molar-refractivity contribution in [3.05, 3.63) is 93.1 Å². The first-order valence-corrected chi connectivity index (χ1v) is 11.9. The maximum atomic E-state index is 13.7. The van der Waals surface area contributed by atoms with E-state index < -0.39 is 4.92 Å². The van der Waals surface area contributed by atoms with E-state index >= 15 is 0 Å². The van der Waals surface area contributed by atoms with Crippen molar-refractivity contribution in [2.45, 2.75) is 19.9 Å². The summed E-state index contributed by atoms with van der Waals surface area (Å²) in [5.74, 6) is -0.207. The van der Waals surface area contributed by atoms with E-state index in [1.54, 1.807) is 23.2 Å². The minimum atomic E-state index is -0.432. The van der Waals surface area contributed by atoms with Crippen LogP contribution < -0.4 is 4.90 Å². The lowest BCUT2D eigenvalue weighted by Crippen LogP contribution is -2.30. The van der Waals surface area contributed by atoms with E-state index in [4.69, 9.17) is 4.98 Å². The Morgan fingerprint density at radius 3 is 2.70 bits per heavy atom. The number of hydrogen-bond acceptors (Lipinski definition) is 7. The molecule has 2 aromatic carbocycles. The number of nitrogens with zero attached hydrogens (tertiary/aromatic N) is 4. The van der Waals surface area contributed by atoms with Crippen molar-refractivity contribution in [3.63, 3.8) is 0 Å². The molecule has 0 atom stereocenters. The fourth-order valence-corrected chi connectivity index (χ4v) is 5.66. The van der Waals surface area contributed by atoms with Crippen molar-refractivity contribution in [2.75, 3.05) is 4.90 Å². The summed E-state index contributed by atoms with van der Waals surface area (Å²) < 4.78 is 1.84. The molecule has 5 rings (SSSR count). The first kappa shape index (κ1) is 21.2. The number of thiophene rings is 1. The van der Waals surface area contributed by atoms with Crippen LogP contribution in [0.15, 0.2) is 66.9 Å². The van der Waals surface area contributed by atoms with Crippen LogP contribution in [0.2, 0.25) is 0 Å². The predicted octanol–water partition coefficient (Wildman–Crippen LogP) is 6.22. The molecule has 0 unspecified atom stereocenters. The zero-order valence-electron chi connectivity index (χ0n) is 17.6. The average Bonchev–Trinajstić information content (AvgIpc) is 3.46. The molecule has 0 bridgehead atoms. The van der Waals surface area contributed by atoms with Gasteiger partial charge in [0.25, 0.3) is 11.6 Å². The van der Waals surface area contributed by atoms with E-state index in [1.165, 1.54) is 34.8 Å². The Bertz CT molecular complexity index is 1490. The number of non-ortho nitro benzene ring substituents is 1. The number of para-hydroxylation sites is 1. The number of hydrogen-bond donors (Lipinski definition) is 0. The van der Waals surface area contributed by atoms with Gasteiger partial charge in [-0.3, -0.25) is 24.8 Å². The van der Waals surface area contributed by atoms with Gasteiger partial charge < -0.3 is 0 Å². The number of pyridine rings is 1. The van der Waals surface area contributed by atoms with Gasteiger partial charge in [-0.2, -0.15) is 0 Å². The first-order chi connectivity index (χ1) is 16.0. The Kier molecular flexibility index (Phi) is 5.57. The molecule has 3 aromatic heterocycles. The van der Waals surface area contributed by atoms with E-state index in [9.17, 15) is 14.9 Å². The van der Waals surface area contributed by atoms with Gasteiger partial charge in [0.2, 0.25) is 0 Å². The van der Waals surface area contributed by atoms with Gasteiger partial charge in [-0.25, -0.2) is 4.98 Å². The van der Waals surface area contributed by atoms with Crippen LogP contribution >= 0.6 is 22.7 Å². The van der Waals surface area contributed by atoms with Gasteiger partial charge in [-0.05, 0) is 42.3 Å². The molecule has 0 radical (unpaired) electrons. The van der Waals surface area contributed by atoms with Gasteiger partial charge in [0.1, 0.15) is 0 Å². The van der Waals surface area contributed by atoms with Crippen LogP contribution in [0.3, 0.4) is 0 Å². The van der Waals surface area contributed by atoms with E-state index in [-0.39, 0.29) is 18.1 Å². The number of nitro benzene ring substituents is 1. The highest BCUT2D eigenvalue weighted by Crippen LogP contribution is 2.35. The van der Waals surface area contributed by atoms with E-state index in [1.807, 2.05) is 30.3 Å². The number of thiazole rings is 1. The number of amides is 1. The maximum Gasteiger partial charge on any atom is 0.270 e. The molecule has 0 aliphatic heterocycles. The normalized spacial score (nSPS) is 11.2. The monoisotopic (exact) mass is 474 g/mol. The van der Waals surface area contributed by atoms with Crippen LogP contribution in [0.5, 0.6) is 0 Å².